The Kier molecular flexibility index (Phi) is 6.95. The molecule has 230 valence electrons. The van der Waals surface area contributed by atoms with Crippen molar-refractivity contribution in [2.45, 2.75) is 62.3 Å². The smallest absolute Gasteiger partial charge is 0.497 e. The summed E-state index contributed by atoms with van der Waals surface area (Å²) in [4.78, 5) is 17.5. The Bertz CT molecular complexity index is 1530. The van der Waals surface area contributed by atoms with Crippen LogP contribution in [0.1, 0.15) is 32.1 Å². The Hall–Kier alpha value is -3.52. The molecule has 0 spiro atoms. The lowest BCUT2D eigenvalue weighted by molar-refractivity contribution is -0.274. The van der Waals surface area contributed by atoms with Gasteiger partial charge in [-0.2, -0.15) is 9.97 Å². The molecule has 0 aliphatic carbocycles. The van der Waals surface area contributed by atoms with Crippen molar-refractivity contribution < 1.29 is 36.2 Å². The second-order valence-corrected chi connectivity index (χ2v) is 11.8. The van der Waals surface area contributed by atoms with E-state index in [4.69, 9.17) is 14.5 Å². The molecule has 0 saturated carbocycles. The highest BCUT2D eigenvalue weighted by molar-refractivity contribution is 5.92. The van der Waals surface area contributed by atoms with Gasteiger partial charge in [-0.15, -0.1) is 13.2 Å². The molecule has 6 heterocycles. The van der Waals surface area contributed by atoms with Crippen LogP contribution in [0.5, 0.6) is 17.5 Å². The summed E-state index contributed by atoms with van der Waals surface area (Å²) in [7, 11) is 1.34. The fourth-order valence-electron chi connectivity index (χ4n) is 7.17. The quantitative estimate of drug-likeness (QED) is 0.387. The fraction of sp³-hybridized carbons (Fsp3) is 0.552. The van der Waals surface area contributed by atoms with Gasteiger partial charge in [-0.05, 0) is 50.4 Å². The summed E-state index contributed by atoms with van der Waals surface area (Å²) in [5.41, 5.74) is -1.26. The van der Waals surface area contributed by atoms with Crippen molar-refractivity contribution in [3.63, 3.8) is 0 Å². The third-order valence-electron chi connectivity index (χ3n) is 9.06. The molecule has 2 unspecified atom stereocenters. The van der Waals surface area contributed by atoms with Gasteiger partial charge in [0.15, 0.2) is 5.82 Å². The molecule has 14 heteroatoms. The number of hydrogen-bond donors (Lipinski definition) is 1. The zero-order valence-corrected chi connectivity index (χ0v) is 23.5. The molecule has 3 aromatic rings. The van der Waals surface area contributed by atoms with Gasteiger partial charge in [-0.1, -0.05) is 0 Å². The third kappa shape index (κ3) is 5.28. The highest BCUT2D eigenvalue weighted by atomic mass is 19.4. The molecule has 1 aromatic carbocycles. The molecular formula is C29H31F5N6O3. The SMILES string of the molecule is COc1ccc(OC(F)(F)F)c(-c2ncc3c(N4CC5CCC(C4)N5)nc(OC[C@@]45CCCN4C[C@H](F)C5)nc3c2F)c1. The number of anilines is 1. The molecule has 4 atom stereocenters. The Morgan fingerprint density at radius 3 is 2.65 bits per heavy atom. The number of nitrogens with one attached hydrogen (secondary N) is 1. The Labute approximate surface area is 244 Å². The average Bonchev–Trinajstić information content (AvgIpc) is 3.61. The number of rotatable bonds is 7. The summed E-state index contributed by atoms with van der Waals surface area (Å²) in [5.74, 6) is -0.956. The Morgan fingerprint density at radius 2 is 1.91 bits per heavy atom. The van der Waals surface area contributed by atoms with E-state index in [0.29, 0.717) is 37.3 Å². The predicted molar refractivity (Wildman–Crippen MR) is 147 cm³/mol. The van der Waals surface area contributed by atoms with E-state index in [1.165, 1.54) is 25.4 Å². The number of benzene rings is 1. The molecule has 1 N–H and O–H groups in total. The topological polar surface area (TPSA) is 84.9 Å². The van der Waals surface area contributed by atoms with E-state index in [1.54, 1.807) is 0 Å². The standard InChI is InChI=1S/C29H31F5N6O3/c1-41-19-5-6-22(43-29(32,33)34)20(9-19)24-23(31)25-21(11-35-24)26(39-13-17-3-4-18(14-39)36-17)38-27(37-25)42-15-28-7-2-8-40(28)12-16(30)10-28/h5-6,9,11,16-18,36H,2-4,7-8,10,12-15H2,1H3/t16-,17?,18?,28+/m1/s1. The van der Waals surface area contributed by atoms with Gasteiger partial charge in [0.05, 0.1) is 18.0 Å². The molecule has 2 aromatic heterocycles. The first kappa shape index (κ1) is 28.3. The second kappa shape index (κ2) is 10.6. The highest BCUT2D eigenvalue weighted by Gasteiger charge is 2.49. The first-order valence-electron chi connectivity index (χ1n) is 14.4. The van der Waals surface area contributed by atoms with Crippen molar-refractivity contribution in [1.82, 2.24) is 25.2 Å². The van der Waals surface area contributed by atoms with Crippen molar-refractivity contribution in [2.24, 2.45) is 0 Å². The number of ether oxygens (including phenoxy) is 3. The average molecular weight is 607 g/mol. The van der Waals surface area contributed by atoms with E-state index in [0.717, 1.165) is 38.3 Å². The summed E-state index contributed by atoms with van der Waals surface area (Å²) in [6.45, 7) is 2.54. The van der Waals surface area contributed by atoms with Crippen LogP contribution in [0.3, 0.4) is 0 Å². The molecule has 9 nitrogen and oxygen atoms in total. The summed E-state index contributed by atoms with van der Waals surface area (Å²) >= 11 is 0. The molecule has 2 bridgehead atoms. The van der Waals surface area contributed by atoms with Gasteiger partial charge in [-0.3, -0.25) is 9.88 Å². The van der Waals surface area contributed by atoms with Crippen LogP contribution in [0.15, 0.2) is 24.4 Å². The molecule has 4 aliphatic rings. The summed E-state index contributed by atoms with van der Waals surface area (Å²) < 4.78 is 86.0. The largest absolute Gasteiger partial charge is 0.573 e. The van der Waals surface area contributed by atoms with Crippen molar-refractivity contribution in [3.05, 3.63) is 30.2 Å². The fourth-order valence-corrected chi connectivity index (χ4v) is 7.17. The maximum absolute atomic E-state index is 16.4. The van der Waals surface area contributed by atoms with Crippen LogP contribution in [0.25, 0.3) is 22.2 Å². The maximum atomic E-state index is 16.4. The number of hydrogen-bond acceptors (Lipinski definition) is 9. The van der Waals surface area contributed by atoms with Crippen LogP contribution >= 0.6 is 0 Å². The minimum Gasteiger partial charge on any atom is -0.497 e. The molecule has 0 radical (unpaired) electrons. The van der Waals surface area contributed by atoms with Crippen LogP contribution < -0.4 is 24.4 Å². The third-order valence-corrected chi connectivity index (χ3v) is 9.06. The van der Waals surface area contributed by atoms with Crippen molar-refractivity contribution in [1.29, 1.82) is 0 Å². The van der Waals surface area contributed by atoms with Crippen molar-refractivity contribution >= 4 is 16.7 Å². The van der Waals surface area contributed by atoms with Crippen LogP contribution in [0.4, 0.5) is 27.8 Å². The molecule has 4 aliphatic heterocycles. The van der Waals surface area contributed by atoms with Crippen LogP contribution in [0.2, 0.25) is 0 Å². The van der Waals surface area contributed by atoms with Crippen LogP contribution in [-0.4, -0.2) is 89.9 Å². The van der Waals surface area contributed by atoms with Gasteiger partial charge in [0, 0.05) is 49.9 Å². The number of pyridine rings is 1. The van der Waals surface area contributed by atoms with E-state index in [9.17, 15) is 17.6 Å². The number of halogens is 5. The maximum Gasteiger partial charge on any atom is 0.573 e. The number of nitrogens with zero attached hydrogens (tertiary/aromatic N) is 5. The number of fused-ring (bicyclic) bond motifs is 4. The number of aromatic nitrogens is 3. The monoisotopic (exact) mass is 606 g/mol. The van der Waals surface area contributed by atoms with Crippen molar-refractivity contribution in [2.75, 3.05) is 44.8 Å². The van der Waals surface area contributed by atoms with Crippen molar-refractivity contribution in [3.8, 4) is 28.8 Å². The van der Waals surface area contributed by atoms with Crippen LogP contribution in [-0.2, 0) is 0 Å². The van der Waals surface area contributed by atoms with Gasteiger partial charge in [0.1, 0.15) is 41.3 Å². The Morgan fingerprint density at radius 1 is 1.12 bits per heavy atom. The normalized spacial score (nSPS) is 27.1. The molecular weight excluding hydrogens is 575 g/mol. The molecule has 0 amide bonds. The van der Waals surface area contributed by atoms with Gasteiger partial charge >= 0.3 is 12.4 Å². The van der Waals surface area contributed by atoms with E-state index in [1.807, 2.05) is 4.90 Å². The summed E-state index contributed by atoms with van der Waals surface area (Å²) in [6.07, 6.45) is -0.539. The molecule has 43 heavy (non-hydrogen) atoms. The van der Waals surface area contributed by atoms with Gasteiger partial charge < -0.3 is 24.4 Å². The summed E-state index contributed by atoms with van der Waals surface area (Å²) in [6, 6.07) is 3.98. The molecule has 4 fully saturated rings. The molecule has 4 saturated heterocycles. The zero-order valence-electron chi connectivity index (χ0n) is 23.5. The predicted octanol–water partition coefficient (Wildman–Crippen LogP) is 4.63. The van der Waals surface area contributed by atoms with E-state index in [-0.39, 0.29) is 41.5 Å². The zero-order chi connectivity index (χ0) is 29.9. The van der Waals surface area contributed by atoms with Gasteiger partial charge in [0.25, 0.3) is 0 Å². The number of piperazine rings is 1. The van der Waals surface area contributed by atoms with Gasteiger partial charge in [0.2, 0.25) is 0 Å². The first-order chi connectivity index (χ1) is 20.6. The minimum atomic E-state index is -5.01. The Balaban J connectivity index is 1.32. The lowest BCUT2D eigenvalue weighted by Gasteiger charge is -2.34. The number of methoxy groups -OCH3 is 1. The lowest BCUT2D eigenvalue weighted by Crippen LogP contribution is -2.51. The van der Waals surface area contributed by atoms with E-state index >= 15 is 4.39 Å². The van der Waals surface area contributed by atoms with E-state index < -0.39 is 35.3 Å². The number of alkyl halides is 4. The lowest BCUT2D eigenvalue weighted by atomic mass is 9.95. The minimum absolute atomic E-state index is 0.0784. The van der Waals surface area contributed by atoms with Crippen LogP contribution in [0, 0.1) is 5.82 Å². The highest BCUT2D eigenvalue weighted by Crippen LogP contribution is 2.42. The molecule has 7 rings (SSSR count). The second-order valence-electron chi connectivity index (χ2n) is 11.8. The van der Waals surface area contributed by atoms with Gasteiger partial charge in [-0.25, -0.2) is 8.78 Å². The van der Waals surface area contributed by atoms with E-state index in [2.05, 4.69) is 24.9 Å². The first-order valence-corrected chi connectivity index (χ1v) is 14.4. The summed E-state index contributed by atoms with van der Waals surface area (Å²) in [5, 5.41) is 3.86.